The van der Waals surface area contributed by atoms with Crippen molar-refractivity contribution in [1.82, 2.24) is 10.2 Å². The van der Waals surface area contributed by atoms with Gasteiger partial charge < -0.3 is 26.1 Å². The van der Waals surface area contributed by atoms with Crippen LogP contribution in [0.1, 0.15) is 32.2 Å². The van der Waals surface area contributed by atoms with Crippen molar-refractivity contribution in [2.75, 3.05) is 40.8 Å². The van der Waals surface area contributed by atoms with Crippen molar-refractivity contribution in [2.45, 2.75) is 34.6 Å². The van der Waals surface area contributed by atoms with Crippen LogP contribution in [0.25, 0.3) is 16.0 Å². The molecular formula is C14H31N5Ti. The van der Waals surface area contributed by atoms with E-state index in [2.05, 4.69) is 26.1 Å². The largest absolute Gasteiger partial charge is 4.00 e. The maximum Gasteiger partial charge on any atom is 4.00 e. The Balaban J connectivity index is -0.0000000881. The number of hydrogen-bond donors (Lipinski definition) is 0. The zero-order chi connectivity index (χ0) is 15.5. The normalized spacial score (nSPS) is 7.80. The summed E-state index contributed by atoms with van der Waals surface area (Å²) in [5.41, 5.74) is 2.00. The van der Waals surface area contributed by atoms with Crippen molar-refractivity contribution in [1.29, 1.82) is 0 Å². The summed E-state index contributed by atoms with van der Waals surface area (Å²) in [6, 6.07) is 1.94. The zero-order valence-corrected chi connectivity index (χ0v) is 16.0. The van der Waals surface area contributed by atoms with Crippen molar-refractivity contribution >= 4 is 0 Å². The summed E-state index contributed by atoms with van der Waals surface area (Å²) in [5.74, 6) is 0. The van der Waals surface area contributed by atoms with Crippen molar-refractivity contribution < 1.29 is 21.7 Å². The first-order valence-corrected chi connectivity index (χ1v) is 6.64. The van der Waals surface area contributed by atoms with Crippen LogP contribution < -0.4 is 5.10 Å². The number of rotatable bonds is 3. The van der Waals surface area contributed by atoms with Crippen LogP contribution in [-0.4, -0.2) is 45.9 Å². The monoisotopic (exact) mass is 317 g/mol. The second kappa shape index (κ2) is 27.2. The fourth-order valence-electron chi connectivity index (χ4n) is 0.518. The van der Waals surface area contributed by atoms with Gasteiger partial charge in [-0.05, 0) is 6.92 Å². The van der Waals surface area contributed by atoms with Gasteiger partial charge in [-0.1, -0.05) is 33.8 Å². The standard InChI is InChI=1S/C5H7N2.3C3H8N.Ti/c1-4-3-5(2)7-6-4;3*1-3-4-2;/h3H,1-2H3;3*3H2,1-2H3;/q4*-1;+4. The molecule has 0 fully saturated rings. The van der Waals surface area contributed by atoms with E-state index in [1.165, 1.54) is 0 Å². The molecule has 20 heavy (non-hydrogen) atoms. The molecule has 0 amide bonds. The number of nitrogens with zero attached hydrogens (tertiary/aromatic N) is 5. The van der Waals surface area contributed by atoms with Crippen LogP contribution in [0.2, 0.25) is 0 Å². The first-order chi connectivity index (χ1) is 9.03. The molecule has 0 saturated heterocycles. The minimum absolute atomic E-state index is 0. The van der Waals surface area contributed by atoms with Crippen LogP contribution in [0.3, 0.4) is 0 Å². The molecule has 6 heteroatoms. The van der Waals surface area contributed by atoms with E-state index >= 15 is 0 Å². The third-order valence-electron chi connectivity index (χ3n) is 1.73. The van der Waals surface area contributed by atoms with Gasteiger partial charge in [0.2, 0.25) is 0 Å². The average Bonchev–Trinajstić information content (AvgIpc) is 2.83. The van der Waals surface area contributed by atoms with Crippen LogP contribution in [0.15, 0.2) is 6.07 Å². The van der Waals surface area contributed by atoms with E-state index in [0.717, 1.165) is 31.0 Å². The van der Waals surface area contributed by atoms with E-state index in [9.17, 15) is 0 Å². The Hall–Kier alpha value is -0.196. The Labute approximate surface area is 141 Å². The maximum atomic E-state index is 3.77. The number of aromatic nitrogens is 2. The smallest absolute Gasteiger partial charge is 0.665 e. The molecule has 0 atom stereocenters. The first kappa shape index (κ1) is 28.0. The average molecular weight is 317 g/mol. The van der Waals surface area contributed by atoms with Crippen molar-refractivity contribution in [3.63, 3.8) is 0 Å². The van der Waals surface area contributed by atoms with Gasteiger partial charge in [-0.25, -0.2) is 0 Å². The van der Waals surface area contributed by atoms with E-state index < -0.39 is 0 Å². The van der Waals surface area contributed by atoms with Crippen molar-refractivity contribution in [3.8, 4) is 0 Å². The quantitative estimate of drug-likeness (QED) is 0.798. The molecular weight excluding hydrogens is 286 g/mol. The molecule has 1 rings (SSSR count). The predicted octanol–water partition coefficient (Wildman–Crippen LogP) is 3.68. The molecule has 1 aromatic rings. The molecule has 0 aliphatic carbocycles. The van der Waals surface area contributed by atoms with Crippen molar-refractivity contribution in [2.24, 2.45) is 0 Å². The van der Waals surface area contributed by atoms with Crippen LogP contribution in [0, 0.1) is 13.8 Å². The maximum absolute atomic E-state index is 3.77. The van der Waals surface area contributed by atoms with Crippen LogP contribution in [-0.2, 0) is 21.7 Å². The molecule has 0 radical (unpaired) electrons. The molecule has 0 spiro atoms. The summed E-state index contributed by atoms with van der Waals surface area (Å²) in [5, 5.41) is 18.7. The van der Waals surface area contributed by atoms with Gasteiger partial charge in [0.15, 0.2) is 0 Å². The van der Waals surface area contributed by atoms with E-state index in [1.54, 1.807) is 21.1 Å². The van der Waals surface area contributed by atoms with Gasteiger partial charge >= 0.3 is 21.7 Å². The van der Waals surface area contributed by atoms with E-state index in [-0.39, 0.29) is 21.7 Å². The molecule has 0 aliphatic heterocycles. The van der Waals surface area contributed by atoms with Crippen LogP contribution in [0.4, 0.5) is 0 Å². The molecule has 0 aromatic carbocycles. The first-order valence-electron chi connectivity index (χ1n) is 6.64. The van der Waals surface area contributed by atoms with E-state index in [0.29, 0.717) is 0 Å². The third-order valence-corrected chi connectivity index (χ3v) is 1.73. The molecule has 0 N–H and O–H groups in total. The van der Waals surface area contributed by atoms with Gasteiger partial charge in [0.25, 0.3) is 0 Å². The van der Waals surface area contributed by atoms with Crippen molar-refractivity contribution in [3.05, 3.63) is 33.4 Å². The predicted molar refractivity (Wildman–Crippen MR) is 86.5 cm³/mol. The molecule has 5 nitrogen and oxygen atoms in total. The fraction of sp³-hybridized carbons (Fsp3) is 0.786. The number of hydrogen-bond acceptors (Lipinski definition) is 1. The van der Waals surface area contributed by atoms with Gasteiger partial charge in [0.05, 0.1) is 0 Å². The topological polar surface area (TPSA) is 69.3 Å². The molecule has 0 saturated carbocycles. The van der Waals surface area contributed by atoms with E-state index in [4.69, 9.17) is 0 Å². The molecule has 116 valence electrons. The summed E-state index contributed by atoms with van der Waals surface area (Å²) in [6.07, 6.45) is 0. The summed E-state index contributed by atoms with van der Waals surface area (Å²) >= 11 is 0. The third kappa shape index (κ3) is 36.1. The second-order valence-corrected chi connectivity index (χ2v) is 3.52. The van der Waals surface area contributed by atoms with Gasteiger partial charge in [-0.3, -0.25) is 0 Å². The van der Waals surface area contributed by atoms with Crippen LogP contribution >= 0.6 is 0 Å². The molecule has 1 aromatic heterocycles. The summed E-state index contributed by atoms with van der Waals surface area (Å²) in [4.78, 5) is 0. The summed E-state index contributed by atoms with van der Waals surface area (Å²) in [6.45, 7) is 12.7. The fourth-order valence-corrected chi connectivity index (χ4v) is 0.518. The summed E-state index contributed by atoms with van der Waals surface area (Å²) < 4.78 is 0. The van der Waals surface area contributed by atoms with Gasteiger partial charge in [0, 0.05) is 5.69 Å². The Morgan fingerprint density at radius 3 is 1.25 bits per heavy atom. The zero-order valence-electron chi connectivity index (χ0n) is 14.4. The molecule has 0 bridgehead atoms. The molecule has 0 unspecified atom stereocenters. The molecule has 0 aliphatic rings. The molecule has 1 heterocycles. The van der Waals surface area contributed by atoms with E-state index in [1.807, 2.05) is 40.7 Å². The Morgan fingerprint density at radius 1 is 0.900 bits per heavy atom. The SMILES string of the molecule is CC[N-]C.CC[N-]C.CC[N-]C.Cc1cc(C)[n-]n1.[Ti+4]. The minimum atomic E-state index is 0. The second-order valence-electron chi connectivity index (χ2n) is 3.52. The minimum Gasteiger partial charge on any atom is -0.665 e. The van der Waals surface area contributed by atoms with Gasteiger partial charge in [-0.15, -0.1) is 5.69 Å². The van der Waals surface area contributed by atoms with Gasteiger partial charge in [-0.2, -0.15) is 40.8 Å². The van der Waals surface area contributed by atoms with Crippen LogP contribution in [0.5, 0.6) is 0 Å². The Bertz CT molecular complexity index is 209. The summed E-state index contributed by atoms with van der Waals surface area (Å²) in [7, 11) is 5.42. The Morgan fingerprint density at radius 2 is 1.20 bits per heavy atom. The Kier molecular flexibility index (Phi) is 38.1. The van der Waals surface area contributed by atoms with Gasteiger partial charge in [0.1, 0.15) is 0 Å². The number of aryl methyl sites for hydroxylation is 2.